The summed E-state index contributed by atoms with van der Waals surface area (Å²) in [4.78, 5) is 21.7. The summed E-state index contributed by atoms with van der Waals surface area (Å²) in [7, 11) is 0. The molecule has 0 unspecified atom stereocenters. The van der Waals surface area contributed by atoms with Crippen molar-refractivity contribution in [3.63, 3.8) is 0 Å². The Balaban J connectivity index is 4.09. The van der Waals surface area contributed by atoms with Gasteiger partial charge in [-0.1, -0.05) is 0 Å². The van der Waals surface area contributed by atoms with Crippen LogP contribution in [-0.4, -0.2) is 34.9 Å². The van der Waals surface area contributed by atoms with Gasteiger partial charge >= 0.3 is 12.1 Å². The van der Waals surface area contributed by atoms with Crippen LogP contribution in [0.25, 0.3) is 0 Å². The Kier molecular flexibility index (Phi) is 5.23. The van der Waals surface area contributed by atoms with Crippen LogP contribution in [0.4, 0.5) is 4.79 Å². The van der Waals surface area contributed by atoms with Crippen molar-refractivity contribution in [3.8, 4) is 0 Å². The van der Waals surface area contributed by atoms with Gasteiger partial charge in [-0.15, -0.1) is 0 Å². The van der Waals surface area contributed by atoms with Crippen LogP contribution < -0.4 is 11.1 Å². The van der Waals surface area contributed by atoms with Gasteiger partial charge in [0.05, 0.1) is 6.42 Å². The summed E-state index contributed by atoms with van der Waals surface area (Å²) in [5.74, 6) is -0.995. The summed E-state index contributed by atoms with van der Waals surface area (Å²) >= 11 is 0. The van der Waals surface area contributed by atoms with Crippen molar-refractivity contribution in [1.82, 2.24) is 5.32 Å². The zero-order valence-electron chi connectivity index (χ0n) is 10.1. The zero-order chi connectivity index (χ0) is 12.9. The highest BCUT2D eigenvalue weighted by atomic mass is 16.6. The van der Waals surface area contributed by atoms with Crippen molar-refractivity contribution in [3.05, 3.63) is 0 Å². The van der Waals surface area contributed by atoms with Crippen molar-refractivity contribution >= 4 is 12.1 Å². The highest BCUT2D eigenvalue weighted by Gasteiger charge is 2.21. The van der Waals surface area contributed by atoms with Gasteiger partial charge in [0.15, 0.2) is 0 Å². The van der Waals surface area contributed by atoms with Crippen LogP contribution in [0.2, 0.25) is 0 Å². The van der Waals surface area contributed by atoms with E-state index in [4.69, 9.17) is 15.6 Å². The number of nitrogens with one attached hydrogen (secondary N) is 1. The molecule has 94 valence electrons. The fraction of sp³-hybridized carbons (Fsp3) is 0.800. The number of hydrogen-bond donors (Lipinski definition) is 3. The van der Waals surface area contributed by atoms with Gasteiger partial charge in [0.25, 0.3) is 0 Å². The topological polar surface area (TPSA) is 102 Å². The average molecular weight is 232 g/mol. The molecule has 1 amide bonds. The number of rotatable bonds is 4. The van der Waals surface area contributed by atoms with Crippen molar-refractivity contribution in [2.45, 2.75) is 51.8 Å². The lowest BCUT2D eigenvalue weighted by molar-refractivity contribution is -0.137. The van der Waals surface area contributed by atoms with Crippen molar-refractivity contribution in [2.75, 3.05) is 0 Å². The second-order valence-corrected chi connectivity index (χ2v) is 4.70. The number of nitrogens with two attached hydrogens (primary N) is 1. The first-order chi connectivity index (χ1) is 7.11. The molecule has 6 heteroatoms. The van der Waals surface area contributed by atoms with Gasteiger partial charge in [0, 0.05) is 12.1 Å². The fourth-order valence-corrected chi connectivity index (χ4v) is 0.979. The molecular weight excluding hydrogens is 212 g/mol. The van der Waals surface area contributed by atoms with E-state index in [0.717, 1.165) is 0 Å². The number of amides is 1. The van der Waals surface area contributed by atoms with E-state index in [-0.39, 0.29) is 6.42 Å². The van der Waals surface area contributed by atoms with Crippen LogP contribution in [-0.2, 0) is 9.53 Å². The molecule has 0 saturated heterocycles. The summed E-state index contributed by atoms with van der Waals surface area (Å²) in [6.45, 7) is 6.87. The minimum atomic E-state index is -0.995. The van der Waals surface area contributed by atoms with E-state index in [1.807, 2.05) is 0 Å². The van der Waals surface area contributed by atoms with Crippen LogP contribution >= 0.6 is 0 Å². The maximum absolute atomic E-state index is 11.3. The predicted molar refractivity (Wildman–Crippen MR) is 59.1 cm³/mol. The van der Waals surface area contributed by atoms with Crippen molar-refractivity contribution in [2.24, 2.45) is 5.73 Å². The minimum Gasteiger partial charge on any atom is -0.481 e. The molecule has 0 fully saturated rings. The molecule has 0 spiro atoms. The Morgan fingerprint density at radius 3 is 2.31 bits per heavy atom. The Morgan fingerprint density at radius 1 is 1.44 bits per heavy atom. The molecule has 0 saturated carbocycles. The summed E-state index contributed by atoms with van der Waals surface area (Å²) < 4.78 is 5.01. The quantitative estimate of drug-likeness (QED) is 0.662. The molecule has 0 aromatic rings. The van der Waals surface area contributed by atoms with E-state index in [9.17, 15) is 9.59 Å². The van der Waals surface area contributed by atoms with E-state index in [1.165, 1.54) is 0 Å². The Bertz CT molecular complexity index is 260. The molecule has 0 radical (unpaired) electrons. The van der Waals surface area contributed by atoms with Gasteiger partial charge in [-0.25, -0.2) is 4.79 Å². The van der Waals surface area contributed by atoms with Crippen LogP contribution in [0.1, 0.15) is 34.1 Å². The largest absolute Gasteiger partial charge is 0.481 e. The van der Waals surface area contributed by atoms with Crippen LogP contribution in [0.5, 0.6) is 0 Å². The van der Waals surface area contributed by atoms with E-state index >= 15 is 0 Å². The number of aliphatic carboxylic acids is 1. The fourth-order valence-electron chi connectivity index (χ4n) is 0.979. The molecule has 0 rings (SSSR count). The van der Waals surface area contributed by atoms with Crippen LogP contribution in [0, 0.1) is 0 Å². The van der Waals surface area contributed by atoms with E-state index < -0.39 is 29.7 Å². The number of carboxylic acid groups (broad SMARTS) is 1. The Hall–Kier alpha value is -1.30. The molecule has 4 N–H and O–H groups in total. The average Bonchev–Trinajstić information content (AvgIpc) is 1.98. The SMILES string of the molecule is C[C@H](NC(=O)OC(C)(C)C)[C@@H](N)CC(=O)O. The van der Waals surface area contributed by atoms with Crippen LogP contribution in [0.3, 0.4) is 0 Å². The summed E-state index contributed by atoms with van der Waals surface area (Å²) in [5, 5.41) is 11.0. The monoisotopic (exact) mass is 232 g/mol. The van der Waals surface area contributed by atoms with E-state index in [1.54, 1.807) is 27.7 Å². The molecule has 2 atom stereocenters. The third kappa shape index (κ3) is 7.05. The van der Waals surface area contributed by atoms with Gasteiger partial charge in [-0.3, -0.25) is 4.79 Å². The van der Waals surface area contributed by atoms with Crippen molar-refractivity contribution in [1.29, 1.82) is 0 Å². The van der Waals surface area contributed by atoms with E-state index in [2.05, 4.69) is 5.32 Å². The smallest absolute Gasteiger partial charge is 0.407 e. The molecule has 0 aromatic carbocycles. The molecule has 0 aliphatic heterocycles. The number of hydrogen-bond acceptors (Lipinski definition) is 4. The molecule has 0 aliphatic carbocycles. The summed E-state index contributed by atoms with van der Waals surface area (Å²) in [6.07, 6.45) is -0.794. The molecule has 0 bridgehead atoms. The maximum atomic E-state index is 11.3. The highest BCUT2D eigenvalue weighted by molar-refractivity contribution is 5.69. The Morgan fingerprint density at radius 2 is 1.94 bits per heavy atom. The third-order valence-corrected chi connectivity index (χ3v) is 1.80. The molecule has 0 aliphatic rings. The number of carbonyl (C=O) groups excluding carboxylic acids is 1. The Labute approximate surface area is 95.1 Å². The first-order valence-corrected chi connectivity index (χ1v) is 5.08. The lowest BCUT2D eigenvalue weighted by Crippen LogP contribution is -2.48. The zero-order valence-corrected chi connectivity index (χ0v) is 10.1. The number of ether oxygens (including phenoxy) is 1. The van der Waals surface area contributed by atoms with Gasteiger partial charge in [0.2, 0.25) is 0 Å². The first kappa shape index (κ1) is 14.7. The maximum Gasteiger partial charge on any atom is 0.407 e. The van der Waals surface area contributed by atoms with Crippen molar-refractivity contribution < 1.29 is 19.4 Å². The normalized spacial score (nSPS) is 15.1. The number of carboxylic acids is 1. The third-order valence-electron chi connectivity index (χ3n) is 1.80. The second kappa shape index (κ2) is 5.69. The minimum absolute atomic E-state index is 0.197. The van der Waals surface area contributed by atoms with E-state index in [0.29, 0.717) is 0 Å². The lowest BCUT2D eigenvalue weighted by Gasteiger charge is -2.24. The predicted octanol–water partition coefficient (Wildman–Crippen LogP) is 0.702. The number of alkyl carbamates (subject to hydrolysis) is 1. The summed E-state index contributed by atoms with van der Waals surface area (Å²) in [6, 6.07) is -1.09. The second-order valence-electron chi connectivity index (χ2n) is 4.70. The van der Waals surface area contributed by atoms with Gasteiger partial charge in [-0.2, -0.15) is 0 Å². The lowest BCUT2D eigenvalue weighted by atomic mass is 10.1. The molecule has 6 nitrogen and oxygen atoms in total. The van der Waals surface area contributed by atoms with Gasteiger partial charge < -0.3 is 20.9 Å². The standard InChI is InChI=1S/C10H20N2O4/c1-6(7(11)5-8(13)14)12-9(15)16-10(2,3)4/h6-7H,5,11H2,1-4H3,(H,12,15)(H,13,14)/t6-,7-/m0/s1. The van der Waals surface area contributed by atoms with Gasteiger partial charge in [0.1, 0.15) is 5.60 Å². The highest BCUT2D eigenvalue weighted by Crippen LogP contribution is 2.07. The molecule has 0 aromatic heterocycles. The molecular formula is C10H20N2O4. The molecule has 16 heavy (non-hydrogen) atoms. The molecule has 0 heterocycles. The number of carbonyl (C=O) groups is 2. The van der Waals surface area contributed by atoms with Crippen LogP contribution in [0.15, 0.2) is 0 Å². The summed E-state index contributed by atoms with van der Waals surface area (Å²) in [5.41, 5.74) is 5.00. The van der Waals surface area contributed by atoms with Gasteiger partial charge in [-0.05, 0) is 27.7 Å². The first-order valence-electron chi connectivity index (χ1n) is 5.08.